The molecule has 2 rings (SSSR count). The van der Waals surface area contributed by atoms with Gasteiger partial charge in [0.1, 0.15) is 18.4 Å². The molecular formula is C7H13NO3. The van der Waals surface area contributed by atoms with Crippen molar-refractivity contribution in [1.29, 1.82) is 0 Å². The van der Waals surface area contributed by atoms with Crippen molar-refractivity contribution in [3.63, 3.8) is 0 Å². The number of hydrogen-bond donors (Lipinski definition) is 1. The van der Waals surface area contributed by atoms with Crippen LogP contribution in [-0.4, -0.2) is 30.8 Å². The van der Waals surface area contributed by atoms with Gasteiger partial charge in [0, 0.05) is 0 Å². The summed E-state index contributed by atoms with van der Waals surface area (Å²) in [5, 5.41) is 0. The van der Waals surface area contributed by atoms with E-state index in [0.29, 0.717) is 6.61 Å². The first-order chi connectivity index (χ1) is 5.08. The summed E-state index contributed by atoms with van der Waals surface area (Å²) in [5.41, 5.74) is 5.61. The Hall–Kier alpha value is -0.160. The molecule has 2 heterocycles. The van der Waals surface area contributed by atoms with Crippen molar-refractivity contribution < 1.29 is 14.2 Å². The van der Waals surface area contributed by atoms with Gasteiger partial charge in [-0.15, -0.1) is 0 Å². The Kier molecular flexibility index (Phi) is 1.47. The fourth-order valence-corrected chi connectivity index (χ4v) is 1.57. The predicted octanol–water partition coefficient (Wildman–Crippen LogP) is -0.179. The molecule has 0 aliphatic carbocycles. The summed E-state index contributed by atoms with van der Waals surface area (Å²) < 4.78 is 16.2. The van der Waals surface area contributed by atoms with E-state index < -0.39 is 5.79 Å². The van der Waals surface area contributed by atoms with Crippen LogP contribution in [0.15, 0.2) is 0 Å². The van der Waals surface area contributed by atoms with Crippen molar-refractivity contribution in [2.75, 3.05) is 6.61 Å². The highest BCUT2D eigenvalue weighted by Gasteiger charge is 2.48. The molecule has 0 saturated carbocycles. The van der Waals surface area contributed by atoms with E-state index in [1.54, 1.807) is 0 Å². The van der Waals surface area contributed by atoms with Gasteiger partial charge in [-0.3, -0.25) is 0 Å². The Labute approximate surface area is 65.6 Å². The molecule has 0 spiro atoms. The van der Waals surface area contributed by atoms with Crippen molar-refractivity contribution in [3.05, 3.63) is 0 Å². The molecule has 2 fully saturated rings. The molecule has 4 heteroatoms. The minimum atomic E-state index is -0.489. The largest absolute Gasteiger partial charge is 0.358 e. The fraction of sp³-hybridized carbons (Fsp3) is 1.00. The van der Waals surface area contributed by atoms with E-state index in [9.17, 15) is 0 Å². The Morgan fingerprint density at radius 3 is 2.73 bits per heavy atom. The highest BCUT2D eigenvalue weighted by molar-refractivity contribution is 4.89. The highest BCUT2D eigenvalue weighted by Crippen LogP contribution is 2.33. The minimum absolute atomic E-state index is 0.0278. The maximum absolute atomic E-state index is 5.61. The van der Waals surface area contributed by atoms with Crippen LogP contribution in [-0.2, 0) is 14.2 Å². The van der Waals surface area contributed by atoms with Crippen LogP contribution in [0.1, 0.15) is 13.8 Å². The molecular weight excluding hydrogens is 146 g/mol. The van der Waals surface area contributed by atoms with E-state index in [0.717, 1.165) is 0 Å². The van der Waals surface area contributed by atoms with Crippen LogP contribution in [0.5, 0.6) is 0 Å². The molecule has 3 atom stereocenters. The molecule has 0 aromatic rings. The van der Waals surface area contributed by atoms with Gasteiger partial charge in [-0.25, -0.2) is 0 Å². The Morgan fingerprint density at radius 1 is 1.36 bits per heavy atom. The zero-order chi connectivity index (χ0) is 8.06. The first-order valence-corrected chi connectivity index (χ1v) is 3.81. The van der Waals surface area contributed by atoms with Gasteiger partial charge in [0.25, 0.3) is 0 Å². The second-order valence-electron chi connectivity index (χ2n) is 3.44. The summed E-state index contributed by atoms with van der Waals surface area (Å²) in [6, 6.07) is 0. The summed E-state index contributed by atoms with van der Waals surface area (Å²) in [6.45, 7) is 4.32. The van der Waals surface area contributed by atoms with Gasteiger partial charge in [0.2, 0.25) is 0 Å². The second-order valence-corrected chi connectivity index (χ2v) is 3.44. The SMILES string of the molecule is CC1(C)OC2COC(N)C2O1. The van der Waals surface area contributed by atoms with Crippen molar-refractivity contribution >= 4 is 0 Å². The van der Waals surface area contributed by atoms with E-state index in [-0.39, 0.29) is 18.4 Å². The number of fused-ring (bicyclic) bond motifs is 1. The Morgan fingerprint density at radius 2 is 2.09 bits per heavy atom. The molecule has 2 N–H and O–H groups in total. The molecule has 64 valence electrons. The van der Waals surface area contributed by atoms with E-state index in [1.165, 1.54) is 0 Å². The lowest BCUT2D eigenvalue weighted by Crippen LogP contribution is -2.35. The molecule has 2 saturated heterocycles. The molecule has 3 unspecified atom stereocenters. The van der Waals surface area contributed by atoms with E-state index in [1.807, 2.05) is 13.8 Å². The standard InChI is InChI=1S/C7H13NO3/c1-7(2)10-4-3-9-6(8)5(4)11-7/h4-6H,3,8H2,1-2H3. The normalized spacial score (nSPS) is 47.7. The first kappa shape index (κ1) is 7.49. The highest BCUT2D eigenvalue weighted by atomic mass is 16.8. The summed E-state index contributed by atoms with van der Waals surface area (Å²) in [7, 11) is 0. The minimum Gasteiger partial charge on any atom is -0.358 e. The zero-order valence-corrected chi connectivity index (χ0v) is 6.74. The average molecular weight is 159 g/mol. The van der Waals surface area contributed by atoms with Gasteiger partial charge in [-0.1, -0.05) is 0 Å². The molecule has 0 aromatic heterocycles. The van der Waals surface area contributed by atoms with Crippen molar-refractivity contribution in [2.45, 2.75) is 38.1 Å². The van der Waals surface area contributed by atoms with Crippen LogP contribution in [0.3, 0.4) is 0 Å². The monoisotopic (exact) mass is 159 g/mol. The lowest BCUT2D eigenvalue weighted by molar-refractivity contribution is -0.174. The fourth-order valence-electron chi connectivity index (χ4n) is 1.57. The second kappa shape index (κ2) is 2.17. The summed E-state index contributed by atoms with van der Waals surface area (Å²) in [4.78, 5) is 0. The first-order valence-electron chi connectivity index (χ1n) is 3.81. The topological polar surface area (TPSA) is 53.7 Å². The molecule has 2 aliphatic rings. The third-order valence-electron chi connectivity index (χ3n) is 2.00. The van der Waals surface area contributed by atoms with Crippen molar-refractivity contribution in [3.8, 4) is 0 Å². The predicted molar refractivity (Wildman–Crippen MR) is 37.8 cm³/mol. The van der Waals surface area contributed by atoms with Gasteiger partial charge in [-0.05, 0) is 13.8 Å². The quantitative estimate of drug-likeness (QED) is 0.532. The average Bonchev–Trinajstić information content (AvgIpc) is 2.31. The summed E-state index contributed by atoms with van der Waals surface area (Å²) in [5.74, 6) is -0.489. The van der Waals surface area contributed by atoms with Crippen LogP contribution in [0, 0.1) is 0 Å². The van der Waals surface area contributed by atoms with E-state index in [2.05, 4.69) is 0 Å². The van der Waals surface area contributed by atoms with Crippen LogP contribution >= 0.6 is 0 Å². The lowest BCUT2D eigenvalue weighted by atomic mass is 10.2. The molecule has 11 heavy (non-hydrogen) atoms. The van der Waals surface area contributed by atoms with Crippen molar-refractivity contribution in [1.82, 2.24) is 0 Å². The lowest BCUT2D eigenvalue weighted by Gasteiger charge is -2.19. The van der Waals surface area contributed by atoms with Crippen molar-refractivity contribution in [2.24, 2.45) is 5.73 Å². The number of ether oxygens (including phenoxy) is 3. The maximum Gasteiger partial charge on any atom is 0.164 e. The maximum atomic E-state index is 5.61. The molecule has 4 nitrogen and oxygen atoms in total. The molecule has 0 amide bonds. The van der Waals surface area contributed by atoms with Gasteiger partial charge in [0.05, 0.1) is 6.61 Å². The number of rotatable bonds is 0. The smallest absolute Gasteiger partial charge is 0.164 e. The molecule has 0 bridgehead atoms. The van der Waals surface area contributed by atoms with Gasteiger partial charge in [0.15, 0.2) is 5.79 Å². The Balaban J connectivity index is 2.10. The van der Waals surface area contributed by atoms with Crippen LogP contribution < -0.4 is 5.73 Å². The number of nitrogens with two attached hydrogens (primary N) is 1. The Bertz CT molecular complexity index is 171. The van der Waals surface area contributed by atoms with Crippen LogP contribution in [0.2, 0.25) is 0 Å². The van der Waals surface area contributed by atoms with Gasteiger partial charge >= 0.3 is 0 Å². The summed E-state index contributed by atoms with van der Waals surface area (Å²) >= 11 is 0. The van der Waals surface area contributed by atoms with Gasteiger partial charge in [-0.2, -0.15) is 0 Å². The van der Waals surface area contributed by atoms with E-state index >= 15 is 0 Å². The van der Waals surface area contributed by atoms with Crippen LogP contribution in [0.4, 0.5) is 0 Å². The third-order valence-corrected chi connectivity index (χ3v) is 2.00. The third kappa shape index (κ3) is 1.16. The zero-order valence-electron chi connectivity index (χ0n) is 6.74. The molecule has 0 aromatic carbocycles. The van der Waals surface area contributed by atoms with E-state index in [4.69, 9.17) is 19.9 Å². The van der Waals surface area contributed by atoms with Crippen LogP contribution in [0.25, 0.3) is 0 Å². The molecule has 0 radical (unpaired) electrons. The summed E-state index contributed by atoms with van der Waals surface area (Å²) in [6.07, 6.45) is -0.369. The number of hydrogen-bond acceptors (Lipinski definition) is 4. The van der Waals surface area contributed by atoms with Gasteiger partial charge < -0.3 is 19.9 Å². The molecule has 2 aliphatic heterocycles.